The SMILES string of the molecule is CCN(CC)c1cccc(CCNS(C)(=O)=O)c1N.Cl. The summed E-state index contributed by atoms with van der Waals surface area (Å²) in [5.41, 5.74) is 8.89. The second kappa shape index (κ2) is 8.34. The topological polar surface area (TPSA) is 75.4 Å². The van der Waals surface area contributed by atoms with Gasteiger partial charge in [-0.2, -0.15) is 0 Å². The van der Waals surface area contributed by atoms with Crippen LogP contribution < -0.4 is 15.4 Å². The molecule has 0 saturated carbocycles. The highest BCUT2D eigenvalue weighted by Gasteiger charge is 2.10. The van der Waals surface area contributed by atoms with Crippen LogP contribution in [0, 0.1) is 0 Å². The van der Waals surface area contributed by atoms with E-state index in [1.54, 1.807) is 0 Å². The maximum absolute atomic E-state index is 11.0. The molecule has 0 amide bonds. The monoisotopic (exact) mass is 321 g/mol. The molecule has 0 aromatic heterocycles. The first-order chi connectivity index (χ1) is 8.89. The van der Waals surface area contributed by atoms with Gasteiger partial charge in [0.1, 0.15) is 0 Å². The number of nitrogens with zero attached hydrogens (tertiary/aromatic N) is 1. The van der Waals surface area contributed by atoms with E-state index >= 15 is 0 Å². The summed E-state index contributed by atoms with van der Waals surface area (Å²) in [6.45, 7) is 6.32. The number of hydrogen-bond donors (Lipinski definition) is 2. The molecule has 0 radical (unpaired) electrons. The van der Waals surface area contributed by atoms with Crippen LogP contribution in [0.15, 0.2) is 18.2 Å². The molecule has 1 rings (SSSR count). The molecular formula is C13H24ClN3O2S. The average molecular weight is 322 g/mol. The van der Waals surface area contributed by atoms with Gasteiger partial charge in [0.2, 0.25) is 10.0 Å². The van der Waals surface area contributed by atoms with E-state index in [9.17, 15) is 8.42 Å². The van der Waals surface area contributed by atoms with Crippen molar-refractivity contribution in [3.8, 4) is 0 Å². The van der Waals surface area contributed by atoms with Crippen LogP contribution in [0.5, 0.6) is 0 Å². The van der Waals surface area contributed by atoms with Crippen molar-refractivity contribution in [2.24, 2.45) is 0 Å². The van der Waals surface area contributed by atoms with Crippen molar-refractivity contribution in [2.45, 2.75) is 20.3 Å². The van der Waals surface area contributed by atoms with E-state index in [0.717, 1.165) is 36.3 Å². The molecule has 7 heteroatoms. The van der Waals surface area contributed by atoms with Crippen LogP contribution in [0.1, 0.15) is 19.4 Å². The summed E-state index contributed by atoms with van der Waals surface area (Å²) in [6, 6.07) is 5.89. The van der Waals surface area contributed by atoms with E-state index in [0.29, 0.717) is 13.0 Å². The lowest BCUT2D eigenvalue weighted by Crippen LogP contribution is -2.25. The van der Waals surface area contributed by atoms with E-state index in [1.807, 2.05) is 18.2 Å². The molecule has 0 fully saturated rings. The number of hydrogen-bond acceptors (Lipinski definition) is 4. The number of sulfonamides is 1. The molecule has 1 aromatic carbocycles. The Morgan fingerprint density at radius 3 is 2.35 bits per heavy atom. The zero-order valence-corrected chi connectivity index (χ0v) is 13.9. The van der Waals surface area contributed by atoms with Gasteiger partial charge in [0.05, 0.1) is 17.6 Å². The van der Waals surface area contributed by atoms with Crippen LogP contribution in [0.4, 0.5) is 11.4 Å². The molecule has 0 spiro atoms. The lowest BCUT2D eigenvalue weighted by Gasteiger charge is -2.24. The van der Waals surface area contributed by atoms with Gasteiger partial charge < -0.3 is 10.6 Å². The number of nitrogens with two attached hydrogens (primary N) is 1. The van der Waals surface area contributed by atoms with Gasteiger partial charge in [-0.1, -0.05) is 12.1 Å². The molecular weight excluding hydrogens is 298 g/mol. The highest BCUT2D eigenvalue weighted by Crippen LogP contribution is 2.26. The Bertz CT molecular complexity index is 516. The molecule has 116 valence electrons. The maximum atomic E-state index is 11.0. The Morgan fingerprint density at radius 2 is 1.85 bits per heavy atom. The zero-order chi connectivity index (χ0) is 14.5. The Hall–Kier alpha value is -0.980. The first-order valence-electron chi connectivity index (χ1n) is 6.46. The van der Waals surface area contributed by atoms with E-state index in [1.165, 1.54) is 0 Å². The highest BCUT2D eigenvalue weighted by atomic mass is 35.5. The molecule has 0 saturated heterocycles. The van der Waals surface area contributed by atoms with Crippen molar-refractivity contribution in [2.75, 3.05) is 36.5 Å². The Labute approximate surface area is 128 Å². The third kappa shape index (κ3) is 5.56. The van der Waals surface area contributed by atoms with Gasteiger partial charge in [0.25, 0.3) is 0 Å². The Balaban J connectivity index is 0.00000361. The predicted octanol–water partition coefficient (Wildman–Crippen LogP) is 1.63. The van der Waals surface area contributed by atoms with E-state index in [4.69, 9.17) is 5.73 Å². The third-order valence-electron chi connectivity index (χ3n) is 3.04. The van der Waals surface area contributed by atoms with E-state index in [2.05, 4.69) is 23.5 Å². The fourth-order valence-electron chi connectivity index (χ4n) is 2.03. The molecule has 0 aliphatic rings. The van der Waals surface area contributed by atoms with Crippen molar-refractivity contribution < 1.29 is 8.42 Å². The summed E-state index contributed by atoms with van der Waals surface area (Å²) >= 11 is 0. The van der Waals surface area contributed by atoms with Gasteiger partial charge in [-0.25, -0.2) is 13.1 Å². The number of nitrogens with one attached hydrogen (secondary N) is 1. The van der Waals surface area contributed by atoms with Gasteiger partial charge >= 0.3 is 0 Å². The van der Waals surface area contributed by atoms with Crippen LogP contribution in [0.25, 0.3) is 0 Å². The van der Waals surface area contributed by atoms with E-state index in [-0.39, 0.29) is 12.4 Å². The van der Waals surface area contributed by atoms with Gasteiger partial charge in [0, 0.05) is 19.6 Å². The third-order valence-corrected chi connectivity index (χ3v) is 3.76. The summed E-state index contributed by atoms with van der Waals surface area (Å²) < 4.78 is 24.5. The summed E-state index contributed by atoms with van der Waals surface area (Å²) in [4.78, 5) is 2.18. The normalized spacial score (nSPS) is 10.9. The molecule has 0 aliphatic carbocycles. The molecule has 5 nitrogen and oxygen atoms in total. The minimum atomic E-state index is -3.14. The lowest BCUT2D eigenvalue weighted by atomic mass is 10.1. The predicted molar refractivity (Wildman–Crippen MR) is 88.2 cm³/mol. The standard InChI is InChI=1S/C13H23N3O2S.ClH/c1-4-16(5-2)12-8-6-7-11(13(12)14)9-10-15-19(3,17)18;/h6-8,15H,4-5,9-10,14H2,1-3H3;1H. The van der Waals surface area contributed by atoms with Crippen LogP contribution in [0.2, 0.25) is 0 Å². The van der Waals surface area contributed by atoms with Gasteiger partial charge in [0.15, 0.2) is 0 Å². The summed E-state index contributed by atoms with van der Waals surface area (Å²) in [5, 5.41) is 0. The summed E-state index contributed by atoms with van der Waals surface area (Å²) in [7, 11) is -3.14. The number of para-hydroxylation sites is 1. The molecule has 0 aliphatic heterocycles. The number of rotatable bonds is 7. The number of anilines is 2. The van der Waals surface area contributed by atoms with Crippen molar-refractivity contribution in [3.63, 3.8) is 0 Å². The Kier molecular flexibility index (Phi) is 7.93. The van der Waals surface area contributed by atoms with Crippen LogP contribution in [-0.4, -0.2) is 34.3 Å². The van der Waals surface area contributed by atoms with Gasteiger partial charge in [-0.15, -0.1) is 12.4 Å². The maximum Gasteiger partial charge on any atom is 0.208 e. The average Bonchev–Trinajstić information content (AvgIpc) is 2.33. The van der Waals surface area contributed by atoms with Crippen LogP contribution in [0.3, 0.4) is 0 Å². The highest BCUT2D eigenvalue weighted by molar-refractivity contribution is 7.88. The summed E-state index contributed by atoms with van der Waals surface area (Å²) in [5.74, 6) is 0. The second-order valence-electron chi connectivity index (χ2n) is 4.44. The number of nitrogen functional groups attached to an aromatic ring is 1. The van der Waals surface area contributed by atoms with Crippen LogP contribution in [-0.2, 0) is 16.4 Å². The largest absolute Gasteiger partial charge is 0.397 e. The van der Waals surface area contributed by atoms with Gasteiger partial charge in [-0.3, -0.25) is 0 Å². The fourth-order valence-corrected chi connectivity index (χ4v) is 2.50. The lowest BCUT2D eigenvalue weighted by molar-refractivity contribution is 0.588. The second-order valence-corrected chi connectivity index (χ2v) is 6.27. The van der Waals surface area contributed by atoms with Crippen LogP contribution >= 0.6 is 12.4 Å². The number of benzene rings is 1. The molecule has 0 unspecified atom stereocenters. The fraction of sp³-hybridized carbons (Fsp3) is 0.538. The van der Waals surface area contributed by atoms with Crippen molar-refractivity contribution in [1.29, 1.82) is 0 Å². The number of halogens is 1. The van der Waals surface area contributed by atoms with Crippen molar-refractivity contribution in [1.82, 2.24) is 4.72 Å². The summed E-state index contributed by atoms with van der Waals surface area (Å²) in [6.07, 6.45) is 1.75. The first kappa shape index (κ1) is 19.0. The molecule has 20 heavy (non-hydrogen) atoms. The molecule has 0 atom stereocenters. The Morgan fingerprint density at radius 1 is 1.25 bits per heavy atom. The van der Waals surface area contributed by atoms with E-state index < -0.39 is 10.0 Å². The molecule has 0 heterocycles. The van der Waals surface area contributed by atoms with Crippen molar-refractivity contribution >= 4 is 33.8 Å². The van der Waals surface area contributed by atoms with Gasteiger partial charge in [-0.05, 0) is 31.9 Å². The molecule has 3 N–H and O–H groups in total. The minimum absolute atomic E-state index is 0. The smallest absolute Gasteiger partial charge is 0.208 e. The minimum Gasteiger partial charge on any atom is -0.397 e. The quantitative estimate of drug-likeness (QED) is 0.748. The van der Waals surface area contributed by atoms with Crippen molar-refractivity contribution in [3.05, 3.63) is 23.8 Å². The first-order valence-corrected chi connectivity index (χ1v) is 8.35. The molecule has 1 aromatic rings. The zero-order valence-electron chi connectivity index (χ0n) is 12.2. The molecule has 0 bridgehead atoms.